The number of hydrogen-bond acceptors (Lipinski definition) is 3. The first-order valence-corrected chi connectivity index (χ1v) is 13.3. The SMILES string of the molecule is CCN1CCCCCN(C(=O)c2ccc(C(F)(F)F)cc2)[C@@H](Cc2ccccc2)COc2ccccc2C1=O. The number of carbonyl (C=O) groups is 2. The van der Waals surface area contributed by atoms with Crippen LogP contribution in [0.4, 0.5) is 13.2 Å². The van der Waals surface area contributed by atoms with Crippen LogP contribution in [-0.2, 0) is 12.6 Å². The molecule has 1 heterocycles. The first kappa shape index (κ1) is 28.2. The summed E-state index contributed by atoms with van der Waals surface area (Å²) in [5.74, 6) is 0.00695. The number of alkyl halides is 3. The van der Waals surface area contributed by atoms with Gasteiger partial charge in [0.05, 0.1) is 17.2 Å². The molecule has 0 fully saturated rings. The van der Waals surface area contributed by atoms with Crippen molar-refractivity contribution in [3.8, 4) is 5.75 Å². The average Bonchev–Trinajstić information content (AvgIpc) is 2.95. The fourth-order valence-corrected chi connectivity index (χ4v) is 4.85. The highest BCUT2D eigenvalue weighted by molar-refractivity contribution is 5.97. The zero-order chi connectivity index (χ0) is 27.8. The summed E-state index contributed by atoms with van der Waals surface area (Å²) in [6.45, 7) is 3.65. The zero-order valence-corrected chi connectivity index (χ0v) is 22.0. The molecule has 0 aromatic heterocycles. The third kappa shape index (κ3) is 7.19. The molecule has 3 aromatic rings. The summed E-state index contributed by atoms with van der Waals surface area (Å²) in [6, 6.07) is 20.7. The Balaban J connectivity index is 1.69. The van der Waals surface area contributed by atoms with Crippen LogP contribution in [0.1, 0.15) is 58.0 Å². The minimum absolute atomic E-state index is 0.0929. The number of hydrogen-bond donors (Lipinski definition) is 0. The molecule has 0 N–H and O–H groups in total. The van der Waals surface area contributed by atoms with Crippen LogP contribution in [0.25, 0.3) is 0 Å². The van der Waals surface area contributed by atoms with Crippen molar-refractivity contribution in [2.75, 3.05) is 26.2 Å². The maximum atomic E-state index is 13.8. The van der Waals surface area contributed by atoms with Gasteiger partial charge in [0.15, 0.2) is 0 Å². The van der Waals surface area contributed by atoms with Crippen LogP contribution in [0.2, 0.25) is 0 Å². The molecule has 2 amide bonds. The molecule has 0 spiro atoms. The summed E-state index contributed by atoms with van der Waals surface area (Å²) < 4.78 is 45.6. The number of carbonyl (C=O) groups excluding carboxylic acids is 2. The molecule has 1 aliphatic heterocycles. The van der Waals surface area contributed by atoms with Gasteiger partial charge < -0.3 is 14.5 Å². The predicted octanol–water partition coefficient (Wildman–Crippen LogP) is 6.48. The Morgan fingerprint density at radius 1 is 0.897 bits per heavy atom. The van der Waals surface area contributed by atoms with Gasteiger partial charge in [-0.25, -0.2) is 0 Å². The summed E-state index contributed by atoms with van der Waals surface area (Å²) in [6.07, 6.45) is -1.73. The van der Waals surface area contributed by atoms with Crippen LogP contribution in [0.15, 0.2) is 78.9 Å². The summed E-state index contributed by atoms with van der Waals surface area (Å²) in [4.78, 5) is 30.6. The van der Waals surface area contributed by atoms with Crippen LogP contribution in [-0.4, -0.2) is 53.9 Å². The van der Waals surface area contributed by atoms with Crippen LogP contribution in [0.3, 0.4) is 0 Å². The lowest BCUT2D eigenvalue weighted by molar-refractivity contribution is -0.137. The fourth-order valence-electron chi connectivity index (χ4n) is 4.85. The second-order valence-corrected chi connectivity index (χ2v) is 9.67. The molecule has 0 bridgehead atoms. The number of rotatable bonds is 4. The van der Waals surface area contributed by atoms with E-state index in [1.54, 1.807) is 34.1 Å². The van der Waals surface area contributed by atoms with Gasteiger partial charge in [0.25, 0.3) is 11.8 Å². The highest BCUT2D eigenvalue weighted by Gasteiger charge is 2.31. The second-order valence-electron chi connectivity index (χ2n) is 9.67. The highest BCUT2D eigenvalue weighted by Crippen LogP contribution is 2.30. The summed E-state index contributed by atoms with van der Waals surface area (Å²) in [5.41, 5.74) is 0.868. The molecule has 3 aromatic carbocycles. The van der Waals surface area contributed by atoms with Gasteiger partial charge in [-0.05, 0) is 74.6 Å². The van der Waals surface area contributed by atoms with Gasteiger partial charge in [-0.15, -0.1) is 0 Å². The maximum Gasteiger partial charge on any atom is 0.416 e. The molecular weight excluding hydrogens is 505 g/mol. The van der Waals surface area contributed by atoms with Crippen molar-refractivity contribution in [1.82, 2.24) is 9.80 Å². The first-order chi connectivity index (χ1) is 18.8. The molecule has 8 heteroatoms. The highest BCUT2D eigenvalue weighted by atomic mass is 19.4. The molecule has 0 aliphatic carbocycles. The van der Waals surface area contributed by atoms with Gasteiger partial charge in [0.2, 0.25) is 0 Å². The van der Waals surface area contributed by atoms with E-state index in [0.29, 0.717) is 43.8 Å². The van der Waals surface area contributed by atoms with Gasteiger partial charge in [0.1, 0.15) is 12.4 Å². The predicted molar refractivity (Wildman–Crippen MR) is 144 cm³/mol. The van der Waals surface area contributed by atoms with E-state index in [0.717, 1.165) is 30.5 Å². The number of halogens is 3. The lowest BCUT2D eigenvalue weighted by Crippen LogP contribution is -2.45. The second kappa shape index (κ2) is 12.8. The smallest absolute Gasteiger partial charge is 0.416 e. The fraction of sp³-hybridized carbons (Fsp3) is 0.355. The maximum absolute atomic E-state index is 13.8. The third-order valence-electron chi connectivity index (χ3n) is 7.02. The monoisotopic (exact) mass is 538 g/mol. The van der Waals surface area contributed by atoms with Crippen molar-refractivity contribution in [1.29, 1.82) is 0 Å². The molecule has 0 radical (unpaired) electrons. The quantitative estimate of drug-likeness (QED) is 0.382. The molecular formula is C31H33F3N2O3. The third-order valence-corrected chi connectivity index (χ3v) is 7.02. The summed E-state index contributed by atoms with van der Waals surface area (Å²) >= 11 is 0. The van der Waals surface area contributed by atoms with Gasteiger partial charge in [-0.1, -0.05) is 42.5 Å². The molecule has 0 saturated heterocycles. The Hall–Kier alpha value is -3.81. The van der Waals surface area contributed by atoms with Gasteiger partial charge in [-0.2, -0.15) is 13.2 Å². The Bertz CT molecular complexity index is 1250. The number of fused-ring (bicyclic) bond motifs is 1. The van der Waals surface area contributed by atoms with E-state index in [1.165, 1.54) is 12.1 Å². The molecule has 39 heavy (non-hydrogen) atoms. The van der Waals surface area contributed by atoms with Crippen LogP contribution in [0.5, 0.6) is 5.75 Å². The summed E-state index contributed by atoms with van der Waals surface area (Å²) in [5, 5.41) is 0. The Morgan fingerprint density at radius 2 is 1.56 bits per heavy atom. The van der Waals surface area contributed by atoms with Crippen LogP contribution >= 0.6 is 0 Å². The molecule has 206 valence electrons. The van der Waals surface area contributed by atoms with Crippen LogP contribution in [0, 0.1) is 0 Å². The van der Waals surface area contributed by atoms with E-state index in [9.17, 15) is 22.8 Å². The van der Waals surface area contributed by atoms with E-state index in [2.05, 4.69) is 0 Å². The van der Waals surface area contributed by atoms with E-state index in [1.807, 2.05) is 37.3 Å². The van der Waals surface area contributed by atoms with Crippen molar-refractivity contribution >= 4 is 11.8 Å². The lowest BCUT2D eigenvalue weighted by atomic mass is 10.0. The molecule has 0 saturated carbocycles. The minimum atomic E-state index is -4.48. The number of benzene rings is 3. The van der Waals surface area contributed by atoms with Crippen molar-refractivity contribution in [3.05, 3.63) is 101 Å². The van der Waals surface area contributed by atoms with Crippen molar-refractivity contribution < 1.29 is 27.5 Å². The number of amides is 2. The summed E-state index contributed by atoms with van der Waals surface area (Å²) in [7, 11) is 0. The van der Waals surface area contributed by atoms with E-state index < -0.39 is 17.8 Å². The topological polar surface area (TPSA) is 49.9 Å². The normalized spacial score (nSPS) is 17.3. The molecule has 1 aliphatic rings. The Kier molecular flexibility index (Phi) is 9.28. The van der Waals surface area contributed by atoms with Gasteiger partial charge >= 0.3 is 6.18 Å². The molecule has 0 unspecified atom stereocenters. The number of para-hydroxylation sites is 1. The molecule has 5 nitrogen and oxygen atoms in total. The van der Waals surface area contributed by atoms with Crippen molar-refractivity contribution in [2.24, 2.45) is 0 Å². The molecule has 4 rings (SSSR count). The van der Waals surface area contributed by atoms with Crippen molar-refractivity contribution in [3.63, 3.8) is 0 Å². The van der Waals surface area contributed by atoms with Crippen LogP contribution < -0.4 is 4.74 Å². The average molecular weight is 539 g/mol. The Labute approximate surface area is 227 Å². The standard InChI is InChI=1S/C31H33F3N2O3/c1-2-35-19-9-4-10-20-36(29(37)24-15-17-25(18-16-24)31(32,33)34)26(21-23-11-5-3-6-12-23)22-39-28-14-8-7-13-27(28)30(35)38/h3,5-8,11-18,26H,2,4,9-10,19-22H2,1H3/t26-/m0/s1. The number of nitrogens with zero attached hydrogens (tertiary/aromatic N) is 2. The number of ether oxygens (including phenoxy) is 1. The van der Waals surface area contributed by atoms with E-state index in [4.69, 9.17) is 4.74 Å². The van der Waals surface area contributed by atoms with Gasteiger partial charge in [0, 0.05) is 25.2 Å². The first-order valence-electron chi connectivity index (χ1n) is 13.3. The van der Waals surface area contributed by atoms with Crippen molar-refractivity contribution in [2.45, 2.75) is 44.8 Å². The lowest BCUT2D eigenvalue weighted by Gasteiger charge is -2.32. The van der Waals surface area contributed by atoms with E-state index in [-0.39, 0.29) is 24.0 Å². The van der Waals surface area contributed by atoms with E-state index >= 15 is 0 Å². The largest absolute Gasteiger partial charge is 0.491 e. The minimum Gasteiger partial charge on any atom is -0.491 e. The van der Waals surface area contributed by atoms with Gasteiger partial charge in [-0.3, -0.25) is 9.59 Å². The Morgan fingerprint density at radius 3 is 2.26 bits per heavy atom. The molecule has 1 atom stereocenters. The zero-order valence-electron chi connectivity index (χ0n) is 22.0.